The number of rotatable bonds is 2. The molecule has 0 aromatic carbocycles. The molecule has 0 aliphatic carbocycles. The Morgan fingerprint density at radius 3 is 2.95 bits per heavy atom. The lowest BCUT2D eigenvalue weighted by atomic mass is 10.0. The smallest absolute Gasteiger partial charge is 0.141 e. The molecule has 4 nitrogen and oxygen atoms in total. The zero-order chi connectivity index (χ0) is 13.6. The lowest BCUT2D eigenvalue weighted by Crippen LogP contribution is -2.35. The summed E-state index contributed by atoms with van der Waals surface area (Å²) in [4.78, 5) is 13.5. The van der Waals surface area contributed by atoms with Gasteiger partial charge in [0.25, 0.3) is 0 Å². The molecule has 0 radical (unpaired) electrons. The first kappa shape index (κ1) is 12.8. The number of hydrogen-bond donors (Lipinski definition) is 1. The van der Waals surface area contributed by atoms with Crippen molar-refractivity contribution in [2.75, 3.05) is 18.1 Å². The number of fused-ring (bicyclic) bond motifs is 1. The molecule has 0 amide bonds. The summed E-state index contributed by atoms with van der Waals surface area (Å²) in [6, 6.07) is 0.178. The van der Waals surface area contributed by atoms with Gasteiger partial charge in [0.2, 0.25) is 0 Å². The van der Waals surface area contributed by atoms with Gasteiger partial charge in [0.1, 0.15) is 17.0 Å². The first-order valence-electron chi connectivity index (χ1n) is 6.71. The molecular formula is C14H19N3OS. The standard InChI is InChI=1S/C14H19N3OS/c1-8-4-5-17(11(8)6-18)13-12-9(2)10(3)19-14(12)16-7-15-13/h7-8,11,18H,4-6H2,1-3H3. The number of aliphatic hydroxyl groups excluding tert-OH is 1. The average molecular weight is 277 g/mol. The summed E-state index contributed by atoms with van der Waals surface area (Å²) in [5.41, 5.74) is 1.27. The van der Waals surface area contributed by atoms with E-state index in [1.807, 2.05) is 0 Å². The van der Waals surface area contributed by atoms with Crippen LogP contribution in [0.25, 0.3) is 10.2 Å². The summed E-state index contributed by atoms with van der Waals surface area (Å²) < 4.78 is 0. The minimum Gasteiger partial charge on any atom is -0.394 e. The van der Waals surface area contributed by atoms with Crippen molar-refractivity contribution in [1.82, 2.24) is 9.97 Å². The SMILES string of the molecule is Cc1sc2ncnc(N3CCC(C)C3CO)c2c1C. The van der Waals surface area contributed by atoms with Crippen molar-refractivity contribution in [2.45, 2.75) is 33.2 Å². The zero-order valence-corrected chi connectivity index (χ0v) is 12.4. The maximum Gasteiger partial charge on any atom is 0.141 e. The van der Waals surface area contributed by atoms with Gasteiger partial charge in [0, 0.05) is 11.4 Å². The van der Waals surface area contributed by atoms with Crippen molar-refractivity contribution in [3.05, 3.63) is 16.8 Å². The van der Waals surface area contributed by atoms with Crippen LogP contribution < -0.4 is 4.90 Å². The van der Waals surface area contributed by atoms with E-state index < -0.39 is 0 Å². The maximum atomic E-state index is 9.63. The molecule has 0 spiro atoms. The molecular weight excluding hydrogens is 258 g/mol. The average Bonchev–Trinajstić information content (AvgIpc) is 2.91. The fourth-order valence-corrected chi connectivity index (χ4v) is 3.92. The van der Waals surface area contributed by atoms with Gasteiger partial charge in [-0.1, -0.05) is 6.92 Å². The van der Waals surface area contributed by atoms with Crippen LogP contribution >= 0.6 is 11.3 Å². The Morgan fingerprint density at radius 1 is 1.42 bits per heavy atom. The van der Waals surface area contributed by atoms with Gasteiger partial charge in [-0.25, -0.2) is 9.97 Å². The summed E-state index contributed by atoms with van der Waals surface area (Å²) in [5.74, 6) is 1.50. The first-order valence-corrected chi connectivity index (χ1v) is 7.53. The summed E-state index contributed by atoms with van der Waals surface area (Å²) in [7, 11) is 0. The van der Waals surface area contributed by atoms with Gasteiger partial charge < -0.3 is 10.0 Å². The largest absolute Gasteiger partial charge is 0.394 e. The molecule has 3 rings (SSSR count). The van der Waals surface area contributed by atoms with E-state index in [2.05, 4.69) is 35.6 Å². The second kappa shape index (κ2) is 4.72. The van der Waals surface area contributed by atoms with E-state index in [9.17, 15) is 5.11 Å². The minimum atomic E-state index is 0.178. The van der Waals surface area contributed by atoms with Crippen molar-refractivity contribution < 1.29 is 5.11 Å². The second-order valence-corrected chi connectivity index (χ2v) is 6.57. The summed E-state index contributed by atoms with van der Waals surface area (Å²) in [6.45, 7) is 7.61. The van der Waals surface area contributed by atoms with Crippen molar-refractivity contribution in [3.8, 4) is 0 Å². The van der Waals surface area contributed by atoms with E-state index in [1.165, 1.54) is 10.4 Å². The van der Waals surface area contributed by atoms with Crippen LogP contribution in [0.4, 0.5) is 5.82 Å². The van der Waals surface area contributed by atoms with Crippen molar-refractivity contribution in [2.24, 2.45) is 5.92 Å². The van der Waals surface area contributed by atoms with E-state index in [0.717, 1.165) is 29.0 Å². The molecule has 5 heteroatoms. The van der Waals surface area contributed by atoms with Crippen LogP contribution in [0.1, 0.15) is 23.8 Å². The van der Waals surface area contributed by atoms with Gasteiger partial charge in [-0.05, 0) is 31.7 Å². The van der Waals surface area contributed by atoms with E-state index in [0.29, 0.717) is 5.92 Å². The number of anilines is 1. The molecule has 1 aliphatic heterocycles. The Balaban J connectivity index is 2.15. The molecule has 0 bridgehead atoms. The molecule has 2 aromatic heterocycles. The number of aliphatic hydroxyl groups is 1. The van der Waals surface area contributed by atoms with Gasteiger partial charge in [-0.2, -0.15) is 0 Å². The van der Waals surface area contributed by atoms with Crippen LogP contribution in [-0.4, -0.2) is 34.3 Å². The monoisotopic (exact) mass is 277 g/mol. The third kappa shape index (κ3) is 1.92. The van der Waals surface area contributed by atoms with Crippen LogP contribution in [0.15, 0.2) is 6.33 Å². The Kier molecular flexibility index (Phi) is 3.19. The fourth-order valence-electron chi connectivity index (χ4n) is 2.93. The Labute approximate surface area is 117 Å². The van der Waals surface area contributed by atoms with Crippen LogP contribution in [0.5, 0.6) is 0 Å². The van der Waals surface area contributed by atoms with Gasteiger partial charge in [-0.3, -0.25) is 0 Å². The Hall–Kier alpha value is -1.20. The number of aryl methyl sites for hydroxylation is 2. The molecule has 1 aliphatic rings. The number of aromatic nitrogens is 2. The van der Waals surface area contributed by atoms with Gasteiger partial charge in [-0.15, -0.1) is 11.3 Å². The zero-order valence-electron chi connectivity index (χ0n) is 11.6. The van der Waals surface area contributed by atoms with Crippen LogP contribution in [0, 0.1) is 19.8 Å². The van der Waals surface area contributed by atoms with Crippen LogP contribution in [0.3, 0.4) is 0 Å². The van der Waals surface area contributed by atoms with E-state index >= 15 is 0 Å². The molecule has 1 N–H and O–H groups in total. The molecule has 102 valence electrons. The summed E-state index contributed by atoms with van der Waals surface area (Å²) >= 11 is 1.72. The fraction of sp³-hybridized carbons (Fsp3) is 0.571. The van der Waals surface area contributed by atoms with Crippen molar-refractivity contribution >= 4 is 27.4 Å². The minimum absolute atomic E-state index is 0.178. The number of thiophene rings is 1. The molecule has 2 unspecified atom stereocenters. The highest BCUT2D eigenvalue weighted by Crippen LogP contribution is 2.37. The number of nitrogens with zero attached hydrogens (tertiary/aromatic N) is 3. The molecule has 1 saturated heterocycles. The lowest BCUT2D eigenvalue weighted by molar-refractivity contribution is 0.244. The van der Waals surface area contributed by atoms with Gasteiger partial charge in [0.15, 0.2) is 0 Å². The lowest BCUT2D eigenvalue weighted by Gasteiger charge is -2.26. The third-order valence-corrected chi connectivity index (χ3v) is 5.40. The van der Waals surface area contributed by atoms with Crippen molar-refractivity contribution in [1.29, 1.82) is 0 Å². The highest BCUT2D eigenvalue weighted by molar-refractivity contribution is 7.18. The van der Waals surface area contributed by atoms with E-state index in [-0.39, 0.29) is 12.6 Å². The number of hydrogen-bond acceptors (Lipinski definition) is 5. The molecule has 19 heavy (non-hydrogen) atoms. The second-order valence-electron chi connectivity index (χ2n) is 5.37. The van der Waals surface area contributed by atoms with E-state index in [4.69, 9.17) is 0 Å². The summed E-state index contributed by atoms with van der Waals surface area (Å²) in [5, 5.41) is 10.8. The highest BCUT2D eigenvalue weighted by Gasteiger charge is 2.33. The molecule has 3 heterocycles. The summed E-state index contributed by atoms with van der Waals surface area (Å²) in [6.07, 6.45) is 2.75. The topological polar surface area (TPSA) is 49.2 Å². The maximum absolute atomic E-state index is 9.63. The Morgan fingerprint density at radius 2 is 2.21 bits per heavy atom. The predicted molar refractivity (Wildman–Crippen MR) is 78.9 cm³/mol. The van der Waals surface area contributed by atoms with Crippen molar-refractivity contribution in [3.63, 3.8) is 0 Å². The van der Waals surface area contributed by atoms with Gasteiger partial charge in [0.05, 0.1) is 18.0 Å². The Bertz CT molecular complexity index is 610. The third-order valence-electron chi connectivity index (χ3n) is 4.29. The quantitative estimate of drug-likeness (QED) is 0.916. The van der Waals surface area contributed by atoms with Crippen LogP contribution in [-0.2, 0) is 0 Å². The normalized spacial score (nSPS) is 23.5. The molecule has 1 fully saturated rings. The predicted octanol–water partition coefficient (Wildman–Crippen LogP) is 2.52. The highest BCUT2D eigenvalue weighted by atomic mass is 32.1. The van der Waals surface area contributed by atoms with E-state index in [1.54, 1.807) is 17.7 Å². The molecule has 2 atom stereocenters. The first-order chi connectivity index (χ1) is 9.13. The molecule has 2 aromatic rings. The molecule has 0 saturated carbocycles. The van der Waals surface area contributed by atoms with Gasteiger partial charge >= 0.3 is 0 Å². The van der Waals surface area contributed by atoms with Crippen LogP contribution in [0.2, 0.25) is 0 Å².